The van der Waals surface area contributed by atoms with Crippen LogP contribution in [0.5, 0.6) is 0 Å². The highest BCUT2D eigenvalue weighted by molar-refractivity contribution is 7.89. The van der Waals surface area contributed by atoms with Crippen LogP contribution in [0.2, 0.25) is 0 Å². The van der Waals surface area contributed by atoms with Gasteiger partial charge in [-0.1, -0.05) is 11.6 Å². The lowest BCUT2D eigenvalue weighted by atomic mass is 10.1. The van der Waals surface area contributed by atoms with Gasteiger partial charge in [-0.15, -0.1) is 12.4 Å². The van der Waals surface area contributed by atoms with Gasteiger partial charge in [-0.3, -0.25) is 4.79 Å². The van der Waals surface area contributed by atoms with E-state index >= 15 is 0 Å². The van der Waals surface area contributed by atoms with Gasteiger partial charge in [0.15, 0.2) is 5.76 Å². The van der Waals surface area contributed by atoms with Crippen molar-refractivity contribution in [2.75, 3.05) is 32.7 Å². The minimum Gasteiger partial charge on any atom is -0.455 e. The van der Waals surface area contributed by atoms with Crippen LogP contribution in [0.15, 0.2) is 27.0 Å². The number of hydrogen-bond acceptors (Lipinski definition) is 5. The van der Waals surface area contributed by atoms with Gasteiger partial charge in [0, 0.05) is 32.2 Å². The maximum absolute atomic E-state index is 12.6. The molecular formula is C16H24ClN3O4S. The summed E-state index contributed by atoms with van der Waals surface area (Å²) in [6.07, 6.45) is 4.69. The lowest BCUT2D eigenvalue weighted by Crippen LogP contribution is -2.29. The summed E-state index contributed by atoms with van der Waals surface area (Å²) >= 11 is 0. The molecule has 7 nitrogen and oxygen atoms in total. The number of nitrogens with zero attached hydrogens (tertiary/aromatic N) is 1. The summed E-state index contributed by atoms with van der Waals surface area (Å²) in [6, 6.07) is 1.34. The van der Waals surface area contributed by atoms with Crippen molar-refractivity contribution >= 4 is 28.3 Å². The number of carbonyl (C=O) groups excluding carboxylic acids is 1. The highest BCUT2D eigenvalue weighted by Gasteiger charge is 2.31. The normalized spacial score (nSPS) is 18.5. The molecule has 2 N–H and O–H groups in total. The third-order valence-corrected chi connectivity index (χ3v) is 6.42. The van der Waals surface area contributed by atoms with Crippen LogP contribution in [0.3, 0.4) is 0 Å². The Labute approximate surface area is 154 Å². The van der Waals surface area contributed by atoms with Crippen molar-refractivity contribution in [1.29, 1.82) is 0 Å². The molecule has 0 spiro atoms. The topological polar surface area (TPSA) is 91.6 Å². The monoisotopic (exact) mass is 389 g/mol. The molecule has 25 heavy (non-hydrogen) atoms. The van der Waals surface area contributed by atoms with E-state index in [0.717, 1.165) is 37.9 Å². The Bertz CT molecular complexity index is 751. The van der Waals surface area contributed by atoms with E-state index in [9.17, 15) is 13.2 Å². The number of halogens is 1. The van der Waals surface area contributed by atoms with E-state index in [0.29, 0.717) is 19.6 Å². The van der Waals surface area contributed by atoms with Crippen molar-refractivity contribution in [2.45, 2.75) is 31.1 Å². The van der Waals surface area contributed by atoms with Gasteiger partial charge in [0.2, 0.25) is 10.0 Å². The maximum Gasteiger partial charge on any atom is 0.287 e. The highest BCUT2D eigenvalue weighted by Crippen LogP contribution is 2.26. The van der Waals surface area contributed by atoms with Crippen LogP contribution in [0.4, 0.5) is 0 Å². The van der Waals surface area contributed by atoms with Gasteiger partial charge in [-0.2, -0.15) is 4.31 Å². The van der Waals surface area contributed by atoms with E-state index in [-0.39, 0.29) is 34.7 Å². The summed E-state index contributed by atoms with van der Waals surface area (Å²) in [7, 11) is -3.58. The molecule has 0 bridgehead atoms. The average Bonchev–Trinajstić information content (AvgIpc) is 3.23. The van der Waals surface area contributed by atoms with Crippen LogP contribution in [0.25, 0.3) is 0 Å². The molecule has 1 fully saturated rings. The van der Waals surface area contributed by atoms with Crippen LogP contribution in [0, 0.1) is 6.92 Å². The van der Waals surface area contributed by atoms with Gasteiger partial charge in [0.05, 0.1) is 0 Å². The molecule has 1 amide bonds. The fourth-order valence-corrected chi connectivity index (χ4v) is 4.69. The Morgan fingerprint density at radius 3 is 2.72 bits per heavy atom. The first kappa shape index (κ1) is 20.0. The minimum absolute atomic E-state index is 0. The molecule has 0 aromatic carbocycles. The van der Waals surface area contributed by atoms with Crippen molar-refractivity contribution < 1.29 is 17.6 Å². The Morgan fingerprint density at radius 2 is 2.08 bits per heavy atom. The predicted molar refractivity (Wildman–Crippen MR) is 96.6 cm³/mol. The van der Waals surface area contributed by atoms with Gasteiger partial charge in [-0.05, 0) is 32.7 Å². The molecule has 2 aliphatic heterocycles. The Morgan fingerprint density at radius 1 is 1.36 bits per heavy atom. The molecule has 9 heteroatoms. The second-order valence-corrected chi connectivity index (χ2v) is 8.05. The first-order chi connectivity index (χ1) is 11.5. The first-order valence-electron chi connectivity index (χ1n) is 8.26. The van der Waals surface area contributed by atoms with E-state index in [1.807, 2.05) is 0 Å². The summed E-state index contributed by atoms with van der Waals surface area (Å²) in [6.45, 7) is 4.79. The maximum atomic E-state index is 12.6. The van der Waals surface area contributed by atoms with E-state index in [4.69, 9.17) is 4.42 Å². The Kier molecular flexibility index (Phi) is 6.67. The Hall–Kier alpha value is -1.35. The third-order valence-electron chi connectivity index (χ3n) is 4.41. The van der Waals surface area contributed by atoms with Crippen LogP contribution < -0.4 is 10.6 Å². The van der Waals surface area contributed by atoms with Crippen LogP contribution in [-0.4, -0.2) is 51.4 Å². The van der Waals surface area contributed by atoms with Gasteiger partial charge < -0.3 is 15.1 Å². The number of hydrogen-bond donors (Lipinski definition) is 2. The summed E-state index contributed by atoms with van der Waals surface area (Å²) < 4.78 is 32.1. The highest BCUT2D eigenvalue weighted by atomic mass is 35.5. The van der Waals surface area contributed by atoms with Crippen LogP contribution >= 0.6 is 12.4 Å². The molecule has 0 unspecified atom stereocenters. The second-order valence-electron chi connectivity index (χ2n) is 6.14. The van der Waals surface area contributed by atoms with Crippen molar-refractivity contribution in [2.24, 2.45) is 0 Å². The molecule has 3 heterocycles. The number of carbonyl (C=O) groups is 1. The number of nitrogens with one attached hydrogen (secondary N) is 2. The molecule has 0 aliphatic carbocycles. The summed E-state index contributed by atoms with van der Waals surface area (Å²) in [4.78, 5) is 12.3. The van der Waals surface area contributed by atoms with Crippen LogP contribution in [-0.2, 0) is 10.0 Å². The molecular weight excluding hydrogens is 366 g/mol. The molecule has 1 aromatic heterocycles. The van der Waals surface area contributed by atoms with Gasteiger partial charge >= 0.3 is 0 Å². The van der Waals surface area contributed by atoms with E-state index in [1.54, 1.807) is 6.92 Å². The molecule has 0 atom stereocenters. The number of sulfonamides is 1. The molecule has 0 saturated carbocycles. The van der Waals surface area contributed by atoms with Crippen molar-refractivity contribution in [3.05, 3.63) is 29.2 Å². The molecule has 2 aliphatic rings. The fraction of sp³-hybridized carbons (Fsp3) is 0.562. The van der Waals surface area contributed by atoms with Gasteiger partial charge in [0.25, 0.3) is 5.91 Å². The molecule has 1 saturated heterocycles. The van der Waals surface area contributed by atoms with E-state index in [2.05, 4.69) is 16.7 Å². The van der Waals surface area contributed by atoms with Crippen molar-refractivity contribution in [3.8, 4) is 0 Å². The minimum atomic E-state index is -3.58. The molecule has 1 aromatic rings. The second kappa shape index (κ2) is 8.35. The lowest BCUT2D eigenvalue weighted by Gasteiger charge is -2.14. The number of amides is 1. The number of rotatable bonds is 5. The SMILES string of the molecule is Cc1oc(C(=O)NCC2=CCNCC2)cc1S(=O)(=O)N1CCCC1.Cl. The van der Waals surface area contributed by atoms with Gasteiger partial charge in [-0.25, -0.2) is 8.42 Å². The van der Waals surface area contributed by atoms with Crippen molar-refractivity contribution in [3.63, 3.8) is 0 Å². The summed E-state index contributed by atoms with van der Waals surface area (Å²) in [5, 5.41) is 6.00. The first-order valence-corrected chi connectivity index (χ1v) is 9.70. The summed E-state index contributed by atoms with van der Waals surface area (Å²) in [5.74, 6) is -0.0895. The van der Waals surface area contributed by atoms with Crippen molar-refractivity contribution in [1.82, 2.24) is 14.9 Å². The molecule has 3 rings (SSSR count). The average molecular weight is 390 g/mol. The zero-order chi connectivity index (χ0) is 17.2. The van der Waals surface area contributed by atoms with Crippen LogP contribution in [0.1, 0.15) is 35.6 Å². The van der Waals surface area contributed by atoms with Gasteiger partial charge in [0.1, 0.15) is 10.7 Å². The lowest BCUT2D eigenvalue weighted by molar-refractivity contribution is 0.0927. The summed E-state index contributed by atoms with van der Waals surface area (Å²) in [5.41, 5.74) is 1.16. The van der Waals surface area contributed by atoms with E-state index < -0.39 is 10.0 Å². The smallest absolute Gasteiger partial charge is 0.287 e. The zero-order valence-corrected chi connectivity index (χ0v) is 15.8. The predicted octanol–water partition coefficient (Wildman–Crippen LogP) is 1.44. The molecule has 0 radical (unpaired) electrons. The number of aryl methyl sites for hydroxylation is 1. The Balaban J connectivity index is 0.00000225. The van der Waals surface area contributed by atoms with E-state index in [1.165, 1.54) is 10.4 Å². The number of furan rings is 1. The fourth-order valence-electron chi connectivity index (χ4n) is 3.01. The zero-order valence-electron chi connectivity index (χ0n) is 14.2. The largest absolute Gasteiger partial charge is 0.455 e. The molecule has 140 valence electrons. The quantitative estimate of drug-likeness (QED) is 0.743. The third kappa shape index (κ3) is 4.44. The standard InChI is InChI=1S/C16H23N3O4S.ClH/c1-12-15(24(21,22)19-8-2-3-9-19)10-14(23-12)16(20)18-11-13-4-6-17-7-5-13;/h4,10,17H,2-3,5-9,11H2,1H3,(H,18,20);1H.